The van der Waals surface area contributed by atoms with Gasteiger partial charge in [-0.2, -0.15) is 0 Å². The molecule has 2 aromatic rings. The molecule has 0 saturated carbocycles. The second-order valence-electron chi connectivity index (χ2n) is 4.41. The highest BCUT2D eigenvalue weighted by atomic mass is 79.9. The number of Topliss-reactive ketones (excluding diaryl/α,β-unsaturated/α-hetero) is 1. The van der Waals surface area contributed by atoms with Gasteiger partial charge >= 0.3 is 0 Å². The summed E-state index contributed by atoms with van der Waals surface area (Å²) >= 11 is 6.79. The lowest BCUT2D eigenvalue weighted by atomic mass is 10.0. The number of ketones is 1. The average molecular weight is 414 g/mol. The SMILES string of the molecule is COc1ccc(CC(=O)c2ccc(Br)cc2Br)cc1OC. The molecule has 0 unspecified atom stereocenters. The molecule has 2 aromatic carbocycles. The molecule has 0 spiro atoms. The summed E-state index contributed by atoms with van der Waals surface area (Å²) in [6, 6.07) is 11.0. The third-order valence-corrected chi connectivity index (χ3v) is 4.19. The highest BCUT2D eigenvalue weighted by molar-refractivity contribution is 9.11. The van der Waals surface area contributed by atoms with Gasteiger partial charge < -0.3 is 9.47 Å². The highest BCUT2D eigenvalue weighted by Crippen LogP contribution is 2.29. The number of carbonyl (C=O) groups is 1. The third kappa shape index (κ3) is 3.86. The van der Waals surface area contributed by atoms with E-state index in [4.69, 9.17) is 9.47 Å². The van der Waals surface area contributed by atoms with Gasteiger partial charge in [-0.1, -0.05) is 37.9 Å². The minimum absolute atomic E-state index is 0.0431. The summed E-state index contributed by atoms with van der Waals surface area (Å²) in [7, 11) is 3.16. The van der Waals surface area contributed by atoms with Crippen molar-refractivity contribution in [1.82, 2.24) is 0 Å². The smallest absolute Gasteiger partial charge is 0.168 e. The van der Waals surface area contributed by atoms with Gasteiger partial charge in [0.05, 0.1) is 14.2 Å². The first kappa shape index (κ1) is 16.0. The Hall–Kier alpha value is -1.33. The van der Waals surface area contributed by atoms with E-state index < -0.39 is 0 Å². The zero-order chi connectivity index (χ0) is 15.4. The van der Waals surface area contributed by atoms with Gasteiger partial charge in [-0.25, -0.2) is 0 Å². The van der Waals surface area contributed by atoms with Gasteiger partial charge in [0.2, 0.25) is 0 Å². The van der Waals surface area contributed by atoms with Crippen LogP contribution in [0.2, 0.25) is 0 Å². The van der Waals surface area contributed by atoms with Gasteiger partial charge in [-0.05, 0) is 35.9 Å². The fourth-order valence-electron chi connectivity index (χ4n) is 1.99. The summed E-state index contributed by atoms with van der Waals surface area (Å²) in [4.78, 5) is 12.4. The first-order valence-corrected chi connectivity index (χ1v) is 7.83. The van der Waals surface area contributed by atoms with Gasteiger partial charge in [-0.3, -0.25) is 4.79 Å². The van der Waals surface area contributed by atoms with E-state index >= 15 is 0 Å². The maximum Gasteiger partial charge on any atom is 0.168 e. The van der Waals surface area contributed by atoms with Gasteiger partial charge in [0.15, 0.2) is 17.3 Å². The number of hydrogen-bond donors (Lipinski definition) is 0. The Balaban J connectivity index is 2.23. The van der Waals surface area contributed by atoms with Crippen molar-refractivity contribution in [1.29, 1.82) is 0 Å². The number of methoxy groups -OCH3 is 2. The zero-order valence-corrected chi connectivity index (χ0v) is 14.8. The van der Waals surface area contributed by atoms with Crippen molar-refractivity contribution in [2.24, 2.45) is 0 Å². The number of hydrogen-bond acceptors (Lipinski definition) is 3. The standard InChI is InChI=1S/C16H14Br2O3/c1-20-15-6-3-10(8-16(15)21-2)7-14(19)12-5-4-11(17)9-13(12)18/h3-6,8-9H,7H2,1-2H3. The lowest BCUT2D eigenvalue weighted by Crippen LogP contribution is -2.05. The van der Waals surface area contributed by atoms with E-state index in [2.05, 4.69) is 31.9 Å². The van der Waals surface area contributed by atoms with Crippen LogP contribution in [0, 0.1) is 0 Å². The second-order valence-corrected chi connectivity index (χ2v) is 6.18. The molecule has 0 saturated heterocycles. The van der Waals surface area contributed by atoms with Crippen molar-refractivity contribution in [3.05, 3.63) is 56.5 Å². The number of carbonyl (C=O) groups excluding carboxylic acids is 1. The molecule has 0 heterocycles. The van der Waals surface area contributed by atoms with Crippen molar-refractivity contribution in [3.63, 3.8) is 0 Å². The van der Waals surface area contributed by atoms with E-state index in [0.29, 0.717) is 23.5 Å². The molecule has 0 N–H and O–H groups in total. The van der Waals surface area contributed by atoms with Crippen molar-refractivity contribution < 1.29 is 14.3 Å². The van der Waals surface area contributed by atoms with E-state index in [1.165, 1.54) is 0 Å². The minimum Gasteiger partial charge on any atom is -0.493 e. The first-order chi connectivity index (χ1) is 10.0. The second kappa shape index (κ2) is 7.09. The van der Waals surface area contributed by atoms with Crippen molar-refractivity contribution in [2.45, 2.75) is 6.42 Å². The Labute approximate surface area is 140 Å². The molecular formula is C16H14Br2O3. The van der Waals surface area contributed by atoms with Gasteiger partial charge in [0, 0.05) is 20.9 Å². The van der Waals surface area contributed by atoms with Crippen LogP contribution < -0.4 is 9.47 Å². The highest BCUT2D eigenvalue weighted by Gasteiger charge is 2.13. The number of benzene rings is 2. The van der Waals surface area contributed by atoms with Crippen molar-refractivity contribution in [2.75, 3.05) is 14.2 Å². The number of rotatable bonds is 5. The predicted molar refractivity (Wildman–Crippen MR) is 89.4 cm³/mol. The van der Waals surface area contributed by atoms with Crippen molar-refractivity contribution >= 4 is 37.6 Å². The van der Waals surface area contributed by atoms with Crippen LogP contribution in [0.5, 0.6) is 11.5 Å². The summed E-state index contributed by atoms with van der Waals surface area (Å²) in [6.07, 6.45) is 0.306. The molecule has 21 heavy (non-hydrogen) atoms. The lowest BCUT2D eigenvalue weighted by Gasteiger charge is -2.10. The van der Waals surface area contributed by atoms with Crippen molar-refractivity contribution in [3.8, 4) is 11.5 Å². The molecule has 0 aliphatic rings. The van der Waals surface area contributed by atoms with Gasteiger partial charge in [-0.15, -0.1) is 0 Å². The molecule has 3 nitrogen and oxygen atoms in total. The molecule has 0 bridgehead atoms. The summed E-state index contributed by atoms with van der Waals surface area (Å²) in [5.41, 5.74) is 1.54. The van der Waals surface area contributed by atoms with Crippen LogP contribution in [0.15, 0.2) is 45.3 Å². The van der Waals surface area contributed by atoms with Gasteiger partial charge in [0.25, 0.3) is 0 Å². The van der Waals surface area contributed by atoms with E-state index in [9.17, 15) is 4.79 Å². The number of ether oxygens (including phenoxy) is 2. The lowest BCUT2D eigenvalue weighted by molar-refractivity contribution is 0.0992. The molecule has 0 aromatic heterocycles. The number of halogens is 2. The normalized spacial score (nSPS) is 10.3. The summed E-state index contributed by atoms with van der Waals surface area (Å²) in [5.74, 6) is 1.32. The summed E-state index contributed by atoms with van der Waals surface area (Å²) in [6.45, 7) is 0. The third-order valence-electron chi connectivity index (χ3n) is 3.04. The fraction of sp³-hybridized carbons (Fsp3) is 0.188. The Morgan fingerprint density at radius 2 is 1.71 bits per heavy atom. The summed E-state index contributed by atoms with van der Waals surface area (Å²) < 4.78 is 12.2. The zero-order valence-electron chi connectivity index (χ0n) is 11.7. The quantitative estimate of drug-likeness (QED) is 0.669. The van der Waals surface area contributed by atoms with E-state index in [-0.39, 0.29) is 5.78 Å². The van der Waals surface area contributed by atoms with E-state index in [1.807, 2.05) is 24.3 Å². The Morgan fingerprint density at radius 3 is 2.33 bits per heavy atom. The fourth-order valence-corrected chi connectivity index (χ4v) is 3.26. The van der Waals surface area contributed by atoms with Crippen LogP contribution in [0.4, 0.5) is 0 Å². The minimum atomic E-state index is 0.0431. The van der Waals surface area contributed by atoms with Crippen LogP contribution in [-0.4, -0.2) is 20.0 Å². The monoisotopic (exact) mass is 412 g/mol. The van der Waals surface area contributed by atoms with Crippen LogP contribution in [-0.2, 0) is 6.42 Å². The molecule has 0 amide bonds. The summed E-state index contributed by atoms with van der Waals surface area (Å²) in [5, 5.41) is 0. The van der Waals surface area contributed by atoms with E-state index in [0.717, 1.165) is 14.5 Å². The van der Waals surface area contributed by atoms with Gasteiger partial charge in [0.1, 0.15) is 0 Å². The van der Waals surface area contributed by atoms with Crippen LogP contribution in [0.1, 0.15) is 15.9 Å². The largest absolute Gasteiger partial charge is 0.493 e. The molecule has 0 atom stereocenters. The molecular weight excluding hydrogens is 400 g/mol. The molecule has 5 heteroatoms. The molecule has 0 aliphatic carbocycles. The molecule has 0 radical (unpaired) electrons. The van der Waals surface area contributed by atoms with Crippen LogP contribution >= 0.6 is 31.9 Å². The Kier molecular flexibility index (Phi) is 5.42. The molecule has 110 valence electrons. The molecule has 0 fully saturated rings. The van der Waals surface area contributed by atoms with Crippen LogP contribution in [0.3, 0.4) is 0 Å². The average Bonchev–Trinajstić information content (AvgIpc) is 2.46. The molecule has 0 aliphatic heterocycles. The Bertz CT molecular complexity index is 669. The van der Waals surface area contributed by atoms with E-state index in [1.54, 1.807) is 26.4 Å². The predicted octanol–water partition coefficient (Wildman–Crippen LogP) is 4.65. The van der Waals surface area contributed by atoms with Crippen LogP contribution in [0.25, 0.3) is 0 Å². The maximum absolute atomic E-state index is 12.4. The molecule has 2 rings (SSSR count). The first-order valence-electron chi connectivity index (χ1n) is 6.24. The Morgan fingerprint density at radius 1 is 1.00 bits per heavy atom. The maximum atomic E-state index is 12.4. The topological polar surface area (TPSA) is 35.5 Å².